The highest BCUT2D eigenvalue weighted by atomic mass is 16.1. The standard InChI is InChI=1S/C13H24N6O/c1-4-5-6-19(7-10(14)20)13-11(9(2)3)12(18-15)16-8-17-13/h8-9H,4-7,15H2,1-3H3,(H2,14,20)(H,16,17,18). The maximum atomic E-state index is 11.3. The molecule has 0 saturated carbocycles. The molecule has 0 saturated heterocycles. The number of rotatable bonds is 8. The minimum Gasteiger partial charge on any atom is -0.368 e. The first-order valence-electron chi connectivity index (χ1n) is 6.86. The first kappa shape index (κ1) is 16.2. The fraction of sp³-hybridized carbons (Fsp3) is 0.615. The number of hydrogen-bond acceptors (Lipinski definition) is 6. The van der Waals surface area contributed by atoms with Gasteiger partial charge in [0, 0.05) is 12.1 Å². The van der Waals surface area contributed by atoms with Gasteiger partial charge in [-0.1, -0.05) is 27.2 Å². The molecule has 0 aliphatic rings. The fourth-order valence-corrected chi connectivity index (χ4v) is 2.08. The molecule has 0 fully saturated rings. The first-order valence-corrected chi connectivity index (χ1v) is 6.86. The molecule has 0 aliphatic heterocycles. The van der Waals surface area contributed by atoms with E-state index in [1.807, 2.05) is 18.7 Å². The number of aromatic nitrogens is 2. The van der Waals surface area contributed by atoms with Crippen molar-refractivity contribution in [2.75, 3.05) is 23.4 Å². The third kappa shape index (κ3) is 4.06. The molecule has 5 N–H and O–H groups in total. The molecule has 1 aromatic heterocycles. The zero-order valence-corrected chi connectivity index (χ0v) is 12.4. The lowest BCUT2D eigenvalue weighted by Crippen LogP contribution is -2.36. The average Bonchev–Trinajstić information content (AvgIpc) is 2.41. The number of hydrogen-bond donors (Lipinski definition) is 3. The van der Waals surface area contributed by atoms with Crippen LogP contribution in [0.4, 0.5) is 11.6 Å². The number of nitrogen functional groups attached to an aromatic ring is 1. The van der Waals surface area contributed by atoms with Crippen LogP contribution in [0.1, 0.15) is 45.1 Å². The zero-order valence-electron chi connectivity index (χ0n) is 12.4. The molecule has 0 unspecified atom stereocenters. The van der Waals surface area contributed by atoms with Crippen LogP contribution in [0.2, 0.25) is 0 Å². The van der Waals surface area contributed by atoms with Crippen molar-refractivity contribution in [3.05, 3.63) is 11.9 Å². The molecule has 0 aliphatic carbocycles. The highest BCUT2D eigenvalue weighted by molar-refractivity contribution is 5.80. The molecule has 1 heterocycles. The van der Waals surface area contributed by atoms with Gasteiger partial charge in [-0.15, -0.1) is 0 Å². The maximum absolute atomic E-state index is 11.3. The van der Waals surface area contributed by atoms with Gasteiger partial charge in [0.2, 0.25) is 5.91 Å². The van der Waals surface area contributed by atoms with E-state index in [9.17, 15) is 4.79 Å². The van der Waals surface area contributed by atoms with Gasteiger partial charge in [0.25, 0.3) is 0 Å². The molecule has 0 radical (unpaired) electrons. The van der Waals surface area contributed by atoms with Crippen LogP contribution in [0.3, 0.4) is 0 Å². The van der Waals surface area contributed by atoms with Gasteiger partial charge in [0.15, 0.2) is 0 Å². The average molecular weight is 280 g/mol. The highest BCUT2D eigenvalue weighted by Gasteiger charge is 2.20. The van der Waals surface area contributed by atoms with E-state index in [1.54, 1.807) is 0 Å². The van der Waals surface area contributed by atoms with Gasteiger partial charge < -0.3 is 16.1 Å². The zero-order chi connectivity index (χ0) is 15.1. The van der Waals surface area contributed by atoms with Gasteiger partial charge in [0.1, 0.15) is 18.0 Å². The Morgan fingerprint density at radius 1 is 1.45 bits per heavy atom. The molecular weight excluding hydrogens is 256 g/mol. The summed E-state index contributed by atoms with van der Waals surface area (Å²) in [6.07, 6.45) is 3.43. The predicted molar refractivity (Wildman–Crippen MR) is 80.2 cm³/mol. The SMILES string of the molecule is CCCCN(CC(N)=O)c1ncnc(NN)c1C(C)C. The van der Waals surface area contributed by atoms with Crippen molar-refractivity contribution in [1.29, 1.82) is 0 Å². The van der Waals surface area contributed by atoms with Crippen LogP contribution < -0.4 is 21.9 Å². The third-order valence-electron chi connectivity index (χ3n) is 3.00. The van der Waals surface area contributed by atoms with Crippen LogP contribution in [-0.4, -0.2) is 29.0 Å². The van der Waals surface area contributed by atoms with Crippen molar-refractivity contribution in [1.82, 2.24) is 9.97 Å². The molecule has 7 nitrogen and oxygen atoms in total. The van der Waals surface area contributed by atoms with Gasteiger partial charge in [-0.2, -0.15) is 0 Å². The smallest absolute Gasteiger partial charge is 0.236 e. The Hall–Kier alpha value is -1.89. The van der Waals surface area contributed by atoms with Gasteiger partial charge in [0.05, 0.1) is 6.54 Å². The quantitative estimate of drug-likeness (QED) is 0.483. The molecular formula is C13H24N6O. The van der Waals surface area contributed by atoms with Crippen LogP contribution in [0, 0.1) is 0 Å². The van der Waals surface area contributed by atoms with E-state index in [2.05, 4.69) is 22.3 Å². The molecule has 1 aromatic rings. The van der Waals surface area contributed by atoms with E-state index in [-0.39, 0.29) is 18.4 Å². The monoisotopic (exact) mass is 280 g/mol. The molecule has 1 amide bonds. The molecule has 0 bridgehead atoms. The van der Waals surface area contributed by atoms with Crippen molar-refractivity contribution < 1.29 is 4.79 Å². The highest BCUT2D eigenvalue weighted by Crippen LogP contribution is 2.30. The summed E-state index contributed by atoms with van der Waals surface area (Å²) in [5.41, 5.74) is 8.82. The number of anilines is 2. The summed E-state index contributed by atoms with van der Waals surface area (Å²) in [5.74, 6) is 6.60. The molecule has 1 rings (SSSR count). The normalized spacial score (nSPS) is 10.7. The maximum Gasteiger partial charge on any atom is 0.236 e. The lowest BCUT2D eigenvalue weighted by atomic mass is 10.0. The van der Waals surface area contributed by atoms with E-state index in [4.69, 9.17) is 11.6 Å². The van der Waals surface area contributed by atoms with E-state index in [0.29, 0.717) is 5.82 Å². The molecule has 0 aromatic carbocycles. The number of amides is 1. The summed E-state index contributed by atoms with van der Waals surface area (Å²) < 4.78 is 0. The van der Waals surface area contributed by atoms with Gasteiger partial charge >= 0.3 is 0 Å². The van der Waals surface area contributed by atoms with Crippen LogP contribution in [0.5, 0.6) is 0 Å². The Morgan fingerprint density at radius 2 is 2.15 bits per heavy atom. The number of carbonyl (C=O) groups excluding carboxylic acids is 1. The van der Waals surface area contributed by atoms with Gasteiger partial charge in [-0.05, 0) is 12.3 Å². The molecule has 7 heteroatoms. The van der Waals surface area contributed by atoms with Crippen molar-refractivity contribution in [3.63, 3.8) is 0 Å². The number of unbranched alkanes of at least 4 members (excludes halogenated alkanes) is 1. The Balaban J connectivity index is 3.19. The lowest BCUT2D eigenvalue weighted by molar-refractivity contribution is -0.116. The van der Waals surface area contributed by atoms with Gasteiger partial charge in [-0.3, -0.25) is 4.79 Å². The van der Waals surface area contributed by atoms with E-state index >= 15 is 0 Å². The van der Waals surface area contributed by atoms with E-state index < -0.39 is 0 Å². The number of hydrazine groups is 1. The first-order chi connectivity index (χ1) is 9.51. The fourth-order valence-electron chi connectivity index (χ4n) is 2.08. The van der Waals surface area contributed by atoms with Crippen molar-refractivity contribution >= 4 is 17.5 Å². The van der Waals surface area contributed by atoms with Crippen LogP contribution in [0.15, 0.2) is 6.33 Å². The summed E-state index contributed by atoms with van der Waals surface area (Å²) in [6.45, 7) is 7.02. The number of carbonyl (C=O) groups is 1. The minimum atomic E-state index is -0.378. The second-order valence-corrected chi connectivity index (χ2v) is 5.00. The topological polar surface area (TPSA) is 110 Å². The van der Waals surface area contributed by atoms with Gasteiger partial charge in [-0.25, -0.2) is 15.8 Å². The Labute approximate surface area is 119 Å². The Kier molecular flexibility index (Phi) is 6.17. The molecule has 20 heavy (non-hydrogen) atoms. The summed E-state index contributed by atoms with van der Waals surface area (Å²) >= 11 is 0. The Morgan fingerprint density at radius 3 is 2.65 bits per heavy atom. The van der Waals surface area contributed by atoms with Crippen LogP contribution in [0.25, 0.3) is 0 Å². The number of primary amides is 1. The summed E-state index contributed by atoms with van der Waals surface area (Å²) in [4.78, 5) is 21.6. The largest absolute Gasteiger partial charge is 0.368 e. The summed E-state index contributed by atoms with van der Waals surface area (Å²) in [5, 5.41) is 0. The summed E-state index contributed by atoms with van der Waals surface area (Å²) in [7, 11) is 0. The predicted octanol–water partition coefficient (Wildman–Crippen LogP) is 0.977. The van der Waals surface area contributed by atoms with Crippen LogP contribution in [-0.2, 0) is 4.79 Å². The summed E-state index contributed by atoms with van der Waals surface area (Å²) in [6, 6.07) is 0. The molecule has 112 valence electrons. The van der Waals surface area contributed by atoms with Crippen LogP contribution >= 0.6 is 0 Å². The number of nitrogens with one attached hydrogen (secondary N) is 1. The third-order valence-corrected chi connectivity index (χ3v) is 3.00. The molecule has 0 atom stereocenters. The van der Waals surface area contributed by atoms with Crippen molar-refractivity contribution in [2.45, 2.75) is 39.5 Å². The minimum absolute atomic E-state index is 0.140. The van der Waals surface area contributed by atoms with Crippen molar-refractivity contribution in [2.24, 2.45) is 11.6 Å². The lowest BCUT2D eigenvalue weighted by Gasteiger charge is -2.26. The van der Waals surface area contributed by atoms with E-state index in [0.717, 1.165) is 30.8 Å². The number of nitrogens with zero attached hydrogens (tertiary/aromatic N) is 3. The van der Waals surface area contributed by atoms with E-state index in [1.165, 1.54) is 6.33 Å². The second kappa shape index (κ2) is 7.64. The molecule has 0 spiro atoms. The van der Waals surface area contributed by atoms with Crippen molar-refractivity contribution in [3.8, 4) is 0 Å². The second-order valence-electron chi connectivity index (χ2n) is 5.00. The Bertz CT molecular complexity index is 448. The number of nitrogens with two attached hydrogens (primary N) is 2.